The molecule has 5 rings (SSSR count). The lowest BCUT2D eigenvalue weighted by atomic mass is 9.94. The molecule has 2 aliphatic rings. The minimum Gasteiger partial charge on any atom is -0.0684 e. The van der Waals surface area contributed by atoms with Crippen molar-refractivity contribution < 1.29 is 0 Å². The number of hydrogen-bond donors (Lipinski definition) is 0. The summed E-state index contributed by atoms with van der Waals surface area (Å²) in [5.41, 5.74) is 7.93. The van der Waals surface area contributed by atoms with Crippen LogP contribution in [0, 0.1) is 13.8 Å². The Morgan fingerprint density at radius 3 is 1.90 bits per heavy atom. The van der Waals surface area contributed by atoms with Gasteiger partial charge in [-0.3, -0.25) is 0 Å². The average Bonchev–Trinajstić information content (AvgIpc) is 2.83. The highest BCUT2D eigenvalue weighted by molar-refractivity contribution is 7.67. The summed E-state index contributed by atoms with van der Waals surface area (Å²) in [6.45, 7) is 4.84. The molecule has 2 fully saturated rings. The lowest BCUT2D eigenvalue weighted by Crippen LogP contribution is -2.29. The zero-order chi connectivity index (χ0) is 21.2. The van der Waals surface area contributed by atoms with Crippen molar-refractivity contribution in [1.82, 2.24) is 0 Å². The first kappa shape index (κ1) is 21.2. The largest absolute Gasteiger partial charge is 0.0684 e. The van der Waals surface area contributed by atoms with Crippen molar-refractivity contribution >= 4 is 24.0 Å². The molecule has 0 amide bonds. The summed E-state index contributed by atoms with van der Waals surface area (Å²) in [5, 5.41) is 4.52. The smallest absolute Gasteiger partial charge is 0.0103 e. The van der Waals surface area contributed by atoms with Gasteiger partial charge in [0.25, 0.3) is 0 Å². The number of hydrogen-bond acceptors (Lipinski definition) is 0. The molecule has 0 bridgehead atoms. The van der Waals surface area contributed by atoms with E-state index in [4.69, 9.17) is 0 Å². The number of rotatable bonds is 4. The van der Waals surface area contributed by atoms with Crippen molar-refractivity contribution in [2.45, 2.75) is 89.4 Å². The minimum atomic E-state index is -0.0835. The standard InChI is InChI=1S/C30H37P/c1-22-20-21-27(29-19-11-13-24-12-9-10-18-28(24)29)23(2)30(22)31(25-14-5-3-6-15-25)26-16-7-4-8-17-26/h9-13,18-21,25-26H,3-8,14-17H2,1-2H3. The molecule has 2 aliphatic carbocycles. The molecule has 162 valence electrons. The van der Waals surface area contributed by atoms with Crippen LogP contribution in [0.4, 0.5) is 0 Å². The molecule has 0 saturated heterocycles. The van der Waals surface area contributed by atoms with E-state index in [1.165, 1.54) is 86.1 Å². The van der Waals surface area contributed by atoms with Gasteiger partial charge in [0, 0.05) is 0 Å². The topological polar surface area (TPSA) is 0 Å². The monoisotopic (exact) mass is 428 g/mol. The van der Waals surface area contributed by atoms with Gasteiger partial charge in [-0.1, -0.05) is 101 Å². The Morgan fingerprint density at radius 1 is 0.613 bits per heavy atom. The molecule has 0 nitrogen and oxygen atoms in total. The molecule has 0 heterocycles. The Bertz CT molecular complexity index is 1010. The second-order valence-corrected chi connectivity index (χ2v) is 12.6. The number of fused-ring (bicyclic) bond motifs is 1. The van der Waals surface area contributed by atoms with Gasteiger partial charge in [-0.2, -0.15) is 0 Å². The first-order chi connectivity index (χ1) is 15.2. The van der Waals surface area contributed by atoms with Crippen LogP contribution >= 0.6 is 7.92 Å². The van der Waals surface area contributed by atoms with Crippen LogP contribution in [0.5, 0.6) is 0 Å². The Morgan fingerprint density at radius 2 is 1.23 bits per heavy atom. The van der Waals surface area contributed by atoms with Gasteiger partial charge in [0.2, 0.25) is 0 Å². The highest BCUT2D eigenvalue weighted by Gasteiger charge is 2.34. The lowest BCUT2D eigenvalue weighted by Gasteiger charge is -2.40. The molecule has 3 aromatic rings. The van der Waals surface area contributed by atoms with Crippen LogP contribution in [0.25, 0.3) is 21.9 Å². The molecule has 0 aromatic heterocycles. The molecule has 0 radical (unpaired) electrons. The van der Waals surface area contributed by atoms with Crippen molar-refractivity contribution in [3.63, 3.8) is 0 Å². The van der Waals surface area contributed by atoms with Crippen LogP contribution in [0.3, 0.4) is 0 Å². The maximum atomic E-state index is 2.44. The van der Waals surface area contributed by atoms with E-state index >= 15 is 0 Å². The van der Waals surface area contributed by atoms with Crippen molar-refractivity contribution in [1.29, 1.82) is 0 Å². The predicted octanol–water partition coefficient (Wildman–Crippen LogP) is 8.90. The van der Waals surface area contributed by atoms with Crippen molar-refractivity contribution in [3.8, 4) is 11.1 Å². The van der Waals surface area contributed by atoms with Gasteiger partial charge < -0.3 is 0 Å². The zero-order valence-electron chi connectivity index (χ0n) is 19.4. The molecule has 1 heteroatoms. The molecule has 31 heavy (non-hydrogen) atoms. The fourth-order valence-electron chi connectivity index (χ4n) is 6.37. The first-order valence-corrected chi connectivity index (χ1v) is 14.1. The van der Waals surface area contributed by atoms with E-state index < -0.39 is 0 Å². The fraction of sp³-hybridized carbons (Fsp3) is 0.467. The van der Waals surface area contributed by atoms with Crippen molar-refractivity contribution in [2.75, 3.05) is 0 Å². The molecule has 0 aliphatic heterocycles. The van der Waals surface area contributed by atoms with Gasteiger partial charge in [0.05, 0.1) is 0 Å². The number of aryl methyl sites for hydroxylation is 1. The van der Waals surface area contributed by atoms with Crippen LogP contribution in [0.1, 0.15) is 75.3 Å². The second-order valence-electron chi connectivity index (χ2n) is 9.92. The molecular weight excluding hydrogens is 391 g/mol. The fourth-order valence-corrected chi connectivity index (χ4v) is 10.5. The Kier molecular flexibility index (Phi) is 6.47. The van der Waals surface area contributed by atoms with E-state index in [0.29, 0.717) is 0 Å². The van der Waals surface area contributed by atoms with E-state index in [0.717, 1.165) is 11.3 Å². The van der Waals surface area contributed by atoms with Gasteiger partial charge in [-0.05, 0) is 89.2 Å². The maximum Gasteiger partial charge on any atom is -0.0103 e. The van der Waals surface area contributed by atoms with E-state index in [2.05, 4.69) is 68.4 Å². The molecule has 3 aromatic carbocycles. The van der Waals surface area contributed by atoms with E-state index in [9.17, 15) is 0 Å². The van der Waals surface area contributed by atoms with E-state index in [1.807, 2.05) is 0 Å². The minimum absolute atomic E-state index is 0.0835. The number of benzene rings is 3. The summed E-state index contributed by atoms with van der Waals surface area (Å²) in [4.78, 5) is 0. The van der Waals surface area contributed by atoms with Crippen LogP contribution in [0.15, 0.2) is 54.6 Å². The molecule has 0 unspecified atom stereocenters. The van der Waals surface area contributed by atoms with Crippen LogP contribution in [-0.2, 0) is 0 Å². The molecule has 0 spiro atoms. The summed E-state index contributed by atoms with van der Waals surface area (Å²) in [7, 11) is -0.0835. The highest BCUT2D eigenvalue weighted by Crippen LogP contribution is 2.56. The Balaban J connectivity index is 1.65. The van der Waals surface area contributed by atoms with Crippen molar-refractivity contribution in [3.05, 3.63) is 65.7 Å². The second kappa shape index (κ2) is 9.46. The Hall–Kier alpha value is -1.65. The average molecular weight is 429 g/mol. The van der Waals surface area contributed by atoms with E-state index in [-0.39, 0.29) is 7.92 Å². The zero-order valence-corrected chi connectivity index (χ0v) is 20.3. The lowest BCUT2D eigenvalue weighted by molar-refractivity contribution is 0.487. The van der Waals surface area contributed by atoms with E-state index in [1.54, 1.807) is 16.4 Å². The summed E-state index contributed by atoms with van der Waals surface area (Å²) >= 11 is 0. The third-order valence-electron chi connectivity index (χ3n) is 7.91. The molecule has 0 N–H and O–H groups in total. The molecule has 2 saturated carbocycles. The quantitative estimate of drug-likeness (QED) is 0.364. The third-order valence-corrected chi connectivity index (χ3v) is 11.7. The van der Waals surface area contributed by atoms with Crippen LogP contribution < -0.4 is 5.30 Å². The molecule has 0 atom stereocenters. The van der Waals surface area contributed by atoms with Gasteiger partial charge >= 0.3 is 0 Å². The SMILES string of the molecule is Cc1ccc(-c2cccc3ccccc23)c(C)c1P(C1CCCCC1)C1CCCCC1. The molecular formula is C30H37P. The maximum absolute atomic E-state index is 2.44. The summed E-state index contributed by atoms with van der Waals surface area (Å²) in [5.74, 6) is 0. The van der Waals surface area contributed by atoms with Crippen LogP contribution in [0.2, 0.25) is 0 Å². The summed E-state index contributed by atoms with van der Waals surface area (Å²) in [6.07, 6.45) is 14.6. The first-order valence-electron chi connectivity index (χ1n) is 12.6. The van der Waals surface area contributed by atoms with Gasteiger partial charge in [0.15, 0.2) is 0 Å². The summed E-state index contributed by atoms with van der Waals surface area (Å²) in [6, 6.07) is 20.6. The Labute approximate surface area is 190 Å². The van der Waals surface area contributed by atoms with Crippen molar-refractivity contribution in [2.24, 2.45) is 0 Å². The normalized spacial score (nSPS) is 18.7. The highest BCUT2D eigenvalue weighted by atomic mass is 31.1. The van der Waals surface area contributed by atoms with Crippen LogP contribution in [-0.4, -0.2) is 11.3 Å². The van der Waals surface area contributed by atoms with Gasteiger partial charge in [0.1, 0.15) is 0 Å². The van der Waals surface area contributed by atoms with Gasteiger partial charge in [-0.25, -0.2) is 0 Å². The third kappa shape index (κ3) is 4.21. The predicted molar refractivity (Wildman–Crippen MR) is 139 cm³/mol. The summed E-state index contributed by atoms with van der Waals surface area (Å²) < 4.78 is 0. The van der Waals surface area contributed by atoms with Gasteiger partial charge in [-0.15, -0.1) is 0 Å².